The lowest BCUT2D eigenvalue weighted by Crippen LogP contribution is -2.33. The number of halogens is 2. The Balaban J connectivity index is 2.08. The molecule has 0 spiro atoms. The third kappa shape index (κ3) is 2.21. The largest absolute Gasteiger partial charge is 0.394 e. The summed E-state index contributed by atoms with van der Waals surface area (Å²) in [5.74, 6) is 0.0544. The first-order valence-electron chi connectivity index (χ1n) is 5.94. The number of nitrogens with two attached hydrogens (primary N) is 1. The van der Waals surface area contributed by atoms with Crippen LogP contribution in [0.3, 0.4) is 0 Å². The molecule has 4 atom stereocenters. The molecule has 1 fully saturated rings. The first kappa shape index (κ1) is 14.4. The molecule has 2 aromatic heterocycles. The van der Waals surface area contributed by atoms with E-state index in [1.807, 2.05) is 0 Å². The van der Waals surface area contributed by atoms with Crippen molar-refractivity contribution in [3.63, 3.8) is 0 Å². The molecule has 9 nitrogen and oxygen atoms in total. The molecule has 0 aromatic carbocycles. The zero-order valence-corrected chi connectivity index (χ0v) is 11.2. The molecule has 1 saturated heterocycles. The summed E-state index contributed by atoms with van der Waals surface area (Å²) >= 11 is 5.74. The molecule has 0 radical (unpaired) electrons. The molecule has 0 saturated carbocycles. The van der Waals surface area contributed by atoms with Crippen molar-refractivity contribution in [2.75, 3.05) is 12.3 Å². The third-order valence-electron chi connectivity index (χ3n) is 3.29. The lowest BCUT2D eigenvalue weighted by molar-refractivity contribution is -0.220. The Hall–Kier alpha value is -1.59. The van der Waals surface area contributed by atoms with Gasteiger partial charge in [0.2, 0.25) is 5.28 Å². The van der Waals surface area contributed by atoms with Crippen molar-refractivity contribution in [2.45, 2.75) is 24.5 Å². The van der Waals surface area contributed by atoms with E-state index in [4.69, 9.17) is 27.2 Å². The fourth-order valence-electron chi connectivity index (χ4n) is 2.29. The smallest absolute Gasteiger partial charge is 0.226 e. The average Bonchev–Trinajstić information content (AvgIpc) is 2.99. The summed E-state index contributed by atoms with van der Waals surface area (Å²) in [5.41, 5.74) is 6.12. The van der Waals surface area contributed by atoms with E-state index in [0.717, 1.165) is 0 Å². The van der Waals surface area contributed by atoms with Gasteiger partial charge < -0.3 is 20.7 Å². The van der Waals surface area contributed by atoms with Gasteiger partial charge in [0.05, 0.1) is 12.9 Å². The van der Waals surface area contributed by atoms with Gasteiger partial charge in [0.25, 0.3) is 0 Å². The molecular weight excluding hydrogens is 309 g/mol. The summed E-state index contributed by atoms with van der Waals surface area (Å²) in [6.45, 7) is -0.498. The number of rotatable bonds is 3. The summed E-state index contributed by atoms with van der Waals surface area (Å²) in [7, 11) is 0. The van der Waals surface area contributed by atoms with E-state index in [0.29, 0.717) is 0 Å². The topological polar surface area (TPSA) is 129 Å². The van der Waals surface area contributed by atoms with Crippen LogP contribution in [0.1, 0.15) is 6.23 Å². The second-order valence-corrected chi connectivity index (χ2v) is 4.83. The van der Waals surface area contributed by atoms with Crippen molar-refractivity contribution in [1.82, 2.24) is 19.5 Å². The van der Waals surface area contributed by atoms with Crippen molar-refractivity contribution < 1.29 is 24.4 Å². The van der Waals surface area contributed by atoms with Gasteiger partial charge in [-0.3, -0.25) is 4.57 Å². The standard InChI is InChI=1S/C10H11ClFN5O4/c11-10-15-7(13)4-8(16-10)17(2-14-4)9-6(21-12)5(19)3(1-18)20-9/h2-3,5-6,9,18-19H,1H2,(H2,13,15,16)/t3-,5-,6+,9-/m1/s1. The predicted octanol–water partition coefficient (Wildman–Crippen LogP) is -0.418. The Morgan fingerprint density at radius 2 is 2.29 bits per heavy atom. The van der Waals surface area contributed by atoms with E-state index in [1.54, 1.807) is 0 Å². The van der Waals surface area contributed by atoms with E-state index < -0.39 is 31.1 Å². The van der Waals surface area contributed by atoms with Crippen LogP contribution in [0, 0.1) is 0 Å². The van der Waals surface area contributed by atoms with Crippen molar-refractivity contribution in [3.05, 3.63) is 11.6 Å². The van der Waals surface area contributed by atoms with Crippen LogP contribution in [0.5, 0.6) is 0 Å². The molecule has 0 aliphatic carbocycles. The molecule has 21 heavy (non-hydrogen) atoms. The molecule has 114 valence electrons. The number of ether oxygens (including phenoxy) is 1. The predicted molar refractivity (Wildman–Crippen MR) is 67.7 cm³/mol. The molecule has 0 bridgehead atoms. The minimum atomic E-state index is -1.35. The summed E-state index contributed by atoms with van der Waals surface area (Å²) in [6.07, 6.45) is -3.50. The van der Waals surface area contributed by atoms with Gasteiger partial charge in [-0.2, -0.15) is 14.9 Å². The van der Waals surface area contributed by atoms with Gasteiger partial charge in [0.15, 0.2) is 23.8 Å². The highest BCUT2D eigenvalue weighted by Gasteiger charge is 2.47. The number of aromatic nitrogens is 4. The molecule has 1 aliphatic heterocycles. The van der Waals surface area contributed by atoms with Crippen LogP contribution < -0.4 is 5.73 Å². The lowest BCUT2D eigenvalue weighted by atomic mass is 10.1. The van der Waals surface area contributed by atoms with Gasteiger partial charge in [-0.1, -0.05) is 0 Å². The van der Waals surface area contributed by atoms with Crippen LogP contribution in [0.15, 0.2) is 6.33 Å². The lowest BCUT2D eigenvalue weighted by Gasteiger charge is -2.17. The second kappa shape index (κ2) is 5.31. The molecule has 3 rings (SSSR count). The van der Waals surface area contributed by atoms with E-state index in [9.17, 15) is 9.63 Å². The van der Waals surface area contributed by atoms with Gasteiger partial charge in [-0.05, 0) is 16.1 Å². The van der Waals surface area contributed by atoms with Gasteiger partial charge >= 0.3 is 0 Å². The number of hydrogen-bond acceptors (Lipinski definition) is 8. The maximum atomic E-state index is 12.7. The van der Waals surface area contributed by atoms with Crippen LogP contribution >= 0.6 is 11.6 Å². The highest BCUT2D eigenvalue weighted by atomic mass is 35.5. The van der Waals surface area contributed by atoms with Crippen molar-refractivity contribution in [2.24, 2.45) is 0 Å². The summed E-state index contributed by atoms with van der Waals surface area (Å²) in [5, 5.41) is 18.8. The third-order valence-corrected chi connectivity index (χ3v) is 3.46. The fraction of sp³-hybridized carbons (Fsp3) is 0.500. The van der Waals surface area contributed by atoms with Crippen molar-refractivity contribution in [1.29, 1.82) is 0 Å². The van der Waals surface area contributed by atoms with Crippen molar-refractivity contribution >= 4 is 28.6 Å². The number of nitrogens with zero attached hydrogens (tertiary/aromatic N) is 4. The Kier molecular flexibility index (Phi) is 3.63. The number of anilines is 1. The Labute approximate surface area is 122 Å². The minimum Gasteiger partial charge on any atom is -0.394 e. The summed E-state index contributed by atoms with van der Waals surface area (Å²) in [4.78, 5) is 15.5. The van der Waals surface area contributed by atoms with Crippen LogP contribution in [-0.4, -0.2) is 54.7 Å². The number of fused-ring (bicyclic) bond motifs is 1. The number of aliphatic hydroxyl groups excluding tert-OH is 2. The zero-order chi connectivity index (χ0) is 15.1. The van der Waals surface area contributed by atoms with Crippen LogP contribution in [0.25, 0.3) is 11.2 Å². The van der Waals surface area contributed by atoms with Crippen LogP contribution in [-0.2, 0) is 9.68 Å². The van der Waals surface area contributed by atoms with Crippen LogP contribution in [0.4, 0.5) is 10.3 Å². The first-order chi connectivity index (χ1) is 10.1. The van der Waals surface area contributed by atoms with E-state index in [2.05, 4.69) is 19.9 Å². The fourth-order valence-corrected chi connectivity index (χ4v) is 2.46. The molecule has 0 unspecified atom stereocenters. The second-order valence-electron chi connectivity index (χ2n) is 4.49. The monoisotopic (exact) mass is 319 g/mol. The van der Waals surface area contributed by atoms with Gasteiger partial charge in [-0.15, -0.1) is 0 Å². The maximum Gasteiger partial charge on any atom is 0.226 e. The summed E-state index contributed by atoms with van der Waals surface area (Å²) in [6, 6.07) is 0. The highest BCUT2D eigenvalue weighted by molar-refractivity contribution is 6.28. The minimum absolute atomic E-state index is 0.0544. The first-order valence-corrected chi connectivity index (χ1v) is 6.32. The molecule has 1 aliphatic rings. The van der Waals surface area contributed by atoms with Gasteiger partial charge in [-0.25, -0.2) is 4.98 Å². The molecule has 0 amide bonds. The van der Waals surface area contributed by atoms with Gasteiger partial charge in [0, 0.05) is 0 Å². The zero-order valence-electron chi connectivity index (χ0n) is 10.4. The number of imidazole rings is 1. The van der Waals surface area contributed by atoms with E-state index in [1.165, 1.54) is 10.9 Å². The SMILES string of the molecule is Nc1nc(Cl)nc2c1ncn2[C@@H]1O[C@H](CO)[C@@H](O)[C@@H]1OF. The van der Waals surface area contributed by atoms with Crippen molar-refractivity contribution in [3.8, 4) is 0 Å². The van der Waals surface area contributed by atoms with Gasteiger partial charge in [0.1, 0.15) is 17.7 Å². The summed E-state index contributed by atoms with van der Waals surface area (Å²) < 4.78 is 19.4. The molecule has 4 N–H and O–H groups in total. The quantitative estimate of drug-likeness (QED) is 0.651. The Bertz CT molecular complexity index is 670. The van der Waals surface area contributed by atoms with E-state index >= 15 is 0 Å². The van der Waals surface area contributed by atoms with E-state index in [-0.39, 0.29) is 22.3 Å². The van der Waals surface area contributed by atoms with Crippen LogP contribution in [0.2, 0.25) is 5.28 Å². The number of nitrogen functional groups attached to an aromatic ring is 1. The molecular formula is C10H11ClFN5O4. The Morgan fingerprint density at radius 1 is 1.52 bits per heavy atom. The number of hydrogen-bond donors (Lipinski definition) is 3. The normalized spacial score (nSPS) is 29.3. The molecule has 11 heteroatoms. The average molecular weight is 320 g/mol. The molecule has 3 heterocycles. The number of aliphatic hydroxyl groups is 2. The highest BCUT2D eigenvalue weighted by Crippen LogP contribution is 2.34. The maximum absolute atomic E-state index is 12.7. The molecule has 2 aromatic rings. The Morgan fingerprint density at radius 3 is 2.95 bits per heavy atom.